The average molecular weight is 201 g/mol. The highest BCUT2D eigenvalue weighted by atomic mass is 16.5. The first-order valence-corrected chi connectivity index (χ1v) is 5.27. The third kappa shape index (κ3) is 1.83. The van der Waals surface area contributed by atoms with Gasteiger partial charge in [0.25, 0.3) is 0 Å². The Hall–Kier alpha value is -1.49. The third-order valence-corrected chi connectivity index (χ3v) is 2.99. The summed E-state index contributed by atoms with van der Waals surface area (Å²) in [5.74, 6) is 1.01. The van der Waals surface area contributed by atoms with E-state index in [0.717, 1.165) is 18.8 Å². The molecular weight excluding hydrogens is 186 g/mol. The van der Waals surface area contributed by atoms with E-state index in [1.165, 1.54) is 11.1 Å². The van der Waals surface area contributed by atoms with E-state index in [9.17, 15) is 0 Å². The van der Waals surface area contributed by atoms with Gasteiger partial charge in [0.15, 0.2) is 0 Å². The predicted octanol–water partition coefficient (Wildman–Crippen LogP) is 2.81. The van der Waals surface area contributed by atoms with Crippen LogP contribution in [0.5, 0.6) is 5.75 Å². The fourth-order valence-corrected chi connectivity index (χ4v) is 1.91. The number of hydrogen-bond acceptors (Lipinski definition) is 2. The van der Waals surface area contributed by atoms with Gasteiger partial charge in [-0.2, -0.15) is 5.26 Å². The van der Waals surface area contributed by atoms with Gasteiger partial charge in [0.05, 0.1) is 12.7 Å². The average Bonchev–Trinajstić information content (AvgIpc) is 2.63. The van der Waals surface area contributed by atoms with Crippen LogP contribution in [0.25, 0.3) is 0 Å². The quantitative estimate of drug-likeness (QED) is 0.737. The maximum atomic E-state index is 8.78. The van der Waals surface area contributed by atoms with Crippen molar-refractivity contribution in [2.75, 3.05) is 6.61 Å². The number of nitrogens with zero attached hydrogens (tertiary/aromatic N) is 1. The minimum atomic E-state index is -0.0631. The molecule has 0 radical (unpaired) electrons. The van der Waals surface area contributed by atoms with Gasteiger partial charge in [-0.3, -0.25) is 0 Å². The fourth-order valence-electron chi connectivity index (χ4n) is 1.91. The molecule has 2 heteroatoms. The van der Waals surface area contributed by atoms with E-state index >= 15 is 0 Å². The van der Waals surface area contributed by atoms with E-state index in [1.54, 1.807) is 0 Å². The molecule has 0 fully saturated rings. The first kappa shape index (κ1) is 10.0. The molecule has 1 aromatic rings. The van der Waals surface area contributed by atoms with Crippen molar-refractivity contribution in [1.82, 2.24) is 0 Å². The largest absolute Gasteiger partial charge is 0.493 e. The molecule has 1 heterocycles. The maximum Gasteiger partial charge on any atom is 0.122 e. The van der Waals surface area contributed by atoms with Crippen molar-refractivity contribution in [3.63, 3.8) is 0 Å². The number of ether oxygens (including phenoxy) is 1. The molecule has 15 heavy (non-hydrogen) atoms. The third-order valence-electron chi connectivity index (χ3n) is 2.99. The molecule has 0 spiro atoms. The van der Waals surface area contributed by atoms with Crippen molar-refractivity contribution in [2.24, 2.45) is 0 Å². The Labute approximate surface area is 90.5 Å². The van der Waals surface area contributed by atoms with Crippen LogP contribution in [0.1, 0.15) is 31.4 Å². The molecule has 2 rings (SSSR count). The minimum absolute atomic E-state index is 0.0631. The summed E-state index contributed by atoms with van der Waals surface area (Å²) in [4.78, 5) is 0. The minimum Gasteiger partial charge on any atom is -0.493 e. The lowest BCUT2D eigenvalue weighted by molar-refractivity contribution is 0.356. The van der Waals surface area contributed by atoms with Gasteiger partial charge in [0, 0.05) is 18.3 Å². The van der Waals surface area contributed by atoms with Gasteiger partial charge in [-0.1, -0.05) is 26.0 Å². The van der Waals surface area contributed by atoms with Crippen LogP contribution in [-0.4, -0.2) is 6.61 Å². The molecule has 0 bridgehead atoms. The zero-order valence-corrected chi connectivity index (χ0v) is 9.21. The number of rotatable bonds is 2. The van der Waals surface area contributed by atoms with Crippen LogP contribution >= 0.6 is 0 Å². The second kappa shape index (κ2) is 3.58. The van der Waals surface area contributed by atoms with Gasteiger partial charge < -0.3 is 4.74 Å². The summed E-state index contributed by atoms with van der Waals surface area (Å²) >= 11 is 0. The highest BCUT2D eigenvalue weighted by molar-refractivity contribution is 5.42. The number of fused-ring (bicyclic) bond motifs is 1. The van der Waals surface area contributed by atoms with Crippen LogP contribution in [0, 0.1) is 11.3 Å². The van der Waals surface area contributed by atoms with Crippen LogP contribution in [-0.2, 0) is 11.8 Å². The van der Waals surface area contributed by atoms with Gasteiger partial charge in [-0.25, -0.2) is 0 Å². The SMILES string of the molecule is CC(C)(CC#N)c1ccc2c(c1)CCO2. The van der Waals surface area contributed by atoms with Crippen molar-refractivity contribution in [1.29, 1.82) is 5.26 Å². The molecule has 1 aliphatic heterocycles. The number of nitriles is 1. The van der Waals surface area contributed by atoms with Crippen LogP contribution in [0.15, 0.2) is 18.2 Å². The van der Waals surface area contributed by atoms with Crippen LogP contribution in [0.4, 0.5) is 0 Å². The molecule has 1 aliphatic rings. The summed E-state index contributed by atoms with van der Waals surface area (Å²) in [5, 5.41) is 8.78. The highest BCUT2D eigenvalue weighted by Gasteiger charge is 2.22. The van der Waals surface area contributed by atoms with Gasteiger partial charge in [-0.15, -0.1) is 0 Å². The van der Waals surface area contributed by atoms with E-state index in [1.807, 2.05) is 6.07 Å². The van der Waals surface area contributed by atoms with E-state index in [4.69, 9.17) is 10.00 Å². The second-order valence-electron chi connectivity index (χ2n) is 4.64. The van der Waals surface area contributed by atoms with Crippen molar-refractivity contribution < 1.29 is 4.74 Å². The van der Waals surface area contributed by atoms with E-state index in [-0.39, 0.29) is 5.41 Å². The first-order chi connectivity index (χ1) is 7.13. The van der Waals surface area contributed by atoms with Crippen molar-refractivity contribution in [3.05, 3.63) is 29.3 Å². The molecule has 0 amide bonds. The first-order valence-electron chi connectivity index (χ1n) is 5.27. The molecule has 2 nitrogen and oxygen atoms in total. The summed E-state index contributed by atoms with van der Waals surface area (Å²) < 4.78 is 5.46. The van der Waals surface area contributed by atoms with Crippen LogP contribution in [0.3, 0.4) is 0 Å². The normalized spacial score (nSPS) is 14.2. The second-order valence-corrected chi connectivity index (χ2v) is 4.64. The lowest BCUT2D eigenvalue weighted by Gasteiger charge is -2.22. The standard InChI is InChI=1S/C13H15NO/c1-13(2,6-7-14)11-3-4-12-10(9-11)5-8-15-12/h3-4,9H,5-6,8H2,1-2H3. The number of hydrogen-bond donors (Lipinski definition) is 0. The van der Waals surface area contributed by atoms with Crippen LogP contribution in [0.2, 0.25) is 0 Å². The van der Waals surface area contributed by atoms with Crippen LogP contribution < -0.4 is 4.74 Å². The van der Waals surface area contributed by atoms with Crippen molar-refractivity contribution in [2.45, 2.75) is 32.1 Å². The Balaban J connectivity index is 2.34. The Morgan fingerprint density at radius 1 is 1.47 bits per heavy atom. The molecule has 0 N–H and O–H groups in total. The van der Waals surface area contributed by atoms with Gasteiger partial charge >= 0.3 is 0 Å². The smallest absolute Gasteiger partial charge is 0.122 e. The summed E-state index contributed by atoms with van der Waals surface area (Å²) in [6, 6.07) is 8.52. The Morgan fingerprint density at radius 3 is 3.00 bits per heavy atom. The summed E-state index contributed by atoms with van der Waals surface area (Å²) in [6.45, 7) is 5.00. The lowest BCUT2D eigenvalue weighted by atomic mass is 9.81. The van der Waals surface area contributed by atoms with Gasteiger partial charge in [0.2, 0.25) is 0 Å². The highest BCUT2D eigenvalue weighted by Crippen LogP contribution is 2.32. The predicted molar refractivity (Wildman–Crippen MR) is 58.9 cm³/mol. The lowest BCUT2D eigenvalue weighted by Crippen LogP contribution is -2.16. The maximum absolute atomic E-state index is 8.78. The monoisotopic (exact) mass is 201 g/mol. The van der Waals surface area contributed by atoms with E-state index in [2.05, 4.69) is 32.0 Å². The molecule has 0 aliphatic carbocycles. The number of benzene rings is 1. The Morgan fingerprint density at radius 2 is 2.27 bits per heavy atom. The molecule has 0 unspecified atom stereocenters. The topological polar surface area (TPSA) is 33.0 Å². The van der Waals surface area contributed by atoms with Crippen molar-refractivity contribution in [3.8, 4) is 11.8 Å². The van der Waals surface area contributed by atoms with E-state index in [0.29, 0.717) is 6.42 Å². The zero-order valence-electron chi connectivity index (χ0n) is 9.21. The molecule has 0 aromatic heterocycles. The zero-order chi connectivity index (χ0) is 10.9. The Bertz CT molecular complexity index is 415. The van der Waals surface area contributed by atoms with Gasteiger partial charge in [0.1, 0.15) is 5.75 Å². The molecule has 78 valence electrons. The van der Waals surface area contributed by atoms with Gasteiger partial charge in [-0.05, 0) is 17.2 Å². The van der Waals surface area contributed by atoms with E-state index < -0.39 is 0 Å². The fraction of sp³-hybridized carbons (Fsp3) is 0.462. The molecule has 0 atom stereocenters. The molecular formula is C13H15NO. The molecule has 0 saturated carbocycles. The summed E-state index contributed by atoms with van der Waals surface area (Å²) in [5.41, 5.74) is 2.44. The van der Waals surface area contributed by atoms with Crippen molar-refractivity contribution >= 4 is 0 Å². The summed E-state index contributed by atoms with van der Waals surface area (Å²) in [7, 11) is 0. The summed E-state index contributed by atoms with van der Waals surface area (Å²) in [6.07, 6.45) is 1.54. The Kier molecular flexibility index (Phi) is 2.40. The molecule has 0 saturated heterocycles. The molecule has 1 aromatic carbocycles.